The van der Waals surface area contributed by atoms with Gasteiger partial charge in [0.25, 0.3) is 0 Å². The molecule has 0 atom stereocenters. The Bertz CT molecular complexity index is 388. The lowest BCUT2D eigenvalue weighted by atomic mass is 10.1. The third-order valence-electron chi connectivity index (χ3n) is 2.13. The number of rotatable bonds is 5. The number of nitrogens with one attached hydrogen (secondary N) is 1. The van der Waals surface area contributed by atoms with E-state index in [1.807, 2.05) is 55.5 Å². The van der Waals surface area contributed by atoms with E-state index in [-0.39, 0.29) is 0 Å². The third-order valence-corrected chi connectivity index (χ3v) is 2.13. The summed E-state index contributed by atoms with van der Waals surface area (Å²) >= 11 is 0. The smallest absolute Gasteiger partial charge is 0.0636 e. The summed E-state index contributed by atoms with van der Waals surface area (Å²) in [4.78, 5) is 4.82. The van der Waals surface area contributed by atoms with Crippen molar-refractivity contribution in [3.8, 4) is 0 Å². The molecule has 0 aliphatic heterocycles. The fourth-order valence-corrected chi connectivity index (χ4v) is 1.33. The van der Waals surface area contributed by atoms with Gasteiger partial charge in [-0.2, -0.15) is 0 Å². The molecule has 2 nitrogen and oxygen atoms in total. The molecule has 0 aliphatic carbocycles. The standard InChI is InChI=1S/C14H17NO/c1-4-6-7-12(5-2)13-8-10-14(11-9-13)15-16-3/h4-11,15H,2H2,1,3H3/b6-4-,12-7+. The lowest BCUT2D eigenvalue weighted by molar-refractivity contribution is 0.271. The maximum atomic E-state index is 4.82. The maximum Gasteiger partial charge on any atom is 0.0636 e. The Balaban J connectivity index is 2.90. The Kier molecular flexibility index (Phi) is 5.09. The van der Waals surface area contributed by atoms with Crippen LogP contribution in [0.25, 0.3) is 5.57 Å². The maximum absolute atomic E-state index is 4.82. The first kappa shape index (κ1) is 12.3. The van der Waals surface area contributed by atoms with Gasteiger partial charge in [-0.05, 0) is 30.2 Å². The zero-order valence-electron chi connectivity index (χ0n) is 9.73. The van der Waals surface area contributed by atoms with Gasteiger partial charge in [-0.3, -0.25) is 10.3 Å². The van der Waals surface area contributed by atoms with E-state index in [1.165, 1.54) is 0 Å². The van der Waals surface area contributed by atoms with Gasteiger partial charge in [-0.1, -0.05) is 43.0 Å². The van der Waals surface area contributed by atoms with Crippen molar-refractivity contribution in [1.29, 1.82) is 0 Å². The van der Waals surface area contributed by atoms with Gasteiger partial charge >= 0.3 is 0 Å². The van der Waals surface area contributed by atoms with Gasteiger partial charge in [0, 0.05) is 0 Å². The van der Waals surface area contributed by atoms with Crippen LogP contribution in [-0.2, 0) is 4.84 Å². The molecule has 0 spiro atoms. The molecule has 0 aromatic heterocycles. The summed E-state index contributed by atoms with van der Waals surface area (Å²) in [5, 5.41) is 0. The van der Waals surface area contributed by atoms with Crippen molar-refractivity contribution in [1.82, 2.24) is 0 Å². The topological polar surface area (TPSA) is 21.3 Å². The number of allylic oxidation sites excluding steroid dienone is 5. The molecular formula is C14H17NO. The molecule has 0 fully saturated rings. The molecule has 0 bridgehead atoms. The van der Waals surface area contributed by atoms with Crippen molar-refractivity contribution in [2.24, 2.45) is 0 Å². The molecule has 0 saturated heterocycles. The first-order chi connectivity index (χ1) is 7.81. The van der Waals surface area contributed by atoms with E-state index in [0.29, 0.717) is 0 Å². The molecule has 0 heterocycles. The van der Waals surface area contributed by atoms with Crippen molar-refractivity contribution in [3.05, 3.63) is 60.7 Å². The molecule has 84 valence electrons. The zero-order chi connectivity index (χ0) is 11.8. The predicted octanol–water partition coefficient (Wildman–Crippen LogP) is 3.81. The predicted molar refractivity (Wildman–Crippen MR) is 70.1 cm³/mol. The van der Waals surface area contributed by atoms with E-state index in [1.54, 1.807) is 7.11 Å². The van der Waals surface area contributed by atoms with Crippen LogP contribution in [-0.4, -0.2) is 7.11 Å². The lowest BCUT2D eigenvalue weighted by Crippen LogP contribution is -1.94. The molecular weight excluding hydrogens is 198 g/mol. The molecule has 1 rings (SSSR count). The number of hydrogen-bond donors (Lipinski definition) is 1. The van der Waals surface area contributed by atoms with Crippen molar-refractivity contribution in [2.75, 3.05) is 12.6 Å². The molecule has 1 aromatic rings. The fraction of sp³-hybridized carbons (Fsp3) is 0.143. The van der Waals surface area contributed by atoms with Gasteiger partial charge in [-0.25, -0.2) is 0 Å². The van der Waals surface area contributed by atoms with Crippen LogP contribution in [0, 0.1) is 0 Å². The van der Waals surface area contributed by atoms with Gasteiger partial charge in [-0.15, -0.1) is 0 Å². The fourth-order valence-electron chi connectivity index (χ4n) is 1.33. The Hall–Kier alpha value is -1.80. The second-order valence-corrected chi connectivity index (χ2v) is 3.24. The summed E-state index contributed by atoms with van der Waals surface area (Å²) in [6.07, 6.45) is 7.87. The summed E-state index contributed by atoms with van der Waals surface area (Å²) in [5.74, 6) is 0. The molecule has 16 heavy (non-hydrogen) atoms. The van der Waals surface area contributed by atoms with Crippen LogP contribution in [0.2, 0.25) is 0 Å². The zero-order valence-corrected chi connectivity index (χ0v) is 9.73. The highest BCUT2D eigenvalue weighted by molar-refractivity contribution is 5.75. The SMILES string of the molecule is C=C/C(=C\C=C/C)c1ccc(NOC)cc1. The quantitative estimate of drug-likeness (QED) is 0.595. The van der Waals surface area contributed by atoms with E-state index in [0.717, 1.165) is 16.8 Å². The number of anilines is 1. The van der Waals surface area contributed by atoms with Gasteiger partial charge in [0.2, 0.25) is 0 Å². The Labute approximate surface area is 96.9 Å². The minimum atomic E-state index is 0.931. The summed E-state index contributed by atoms with van der Waals surface area (Å²) < 4.78 is 0. The van der Waals surface area contributed by atoms with E-state index < -0.39 is 0 Å². The first-order valence-electron chi connectivity index (χ1n) is 5.16. The second kappa shape index (κ2) is 6.64. The molecule has 2 heteroatoms. The molecule has 0 amide bonds. The first-order valence-corrected chi connectivity index (χ1v) is 5.16. The highest BCUT2D eigenvalue weighted by atomic mass is 16.6. The van der Waals surface area contributed by atoms with Crippen LogP contribution in [0.1, 0.15) is 12.5 Å². The van der Waals surface area contributed by atoms with Crippen LogP contribution in [0.15, 0.2) is 55.1 Å². The van der Waals surface area contributed by atoms with Crippen LogP contribution in [0.3, 0.4) is 0 Å². The average molecular weight is 215 g/mol. The molecule has 1 N–H and O–H groups in total. The lowest BCUT2D eigenvalue weighted by Gasteiger charge is -2.05. The molecule has 0 unspecified atom stereocenters. The minimum absolute atomic E-state index is 0.931. The van der Waals surface area contributed by atoms with Crippen molar-refractivity contribution in [3.63, 3.8) is 0 Å². The highest BCUT2D eigenvalue weighted by Gasteiger charge is 1.96. The van der Waals surface area contributed by atoms with Crippen molar-refractivity contribution < 1.29 is 4.84 Å². The van der Waals surface area contributed by atoms with Crippen LogP contribution in [0.5, 0.6) is 0 Å². The summed E-state index contributed by atoms with van der Waals surface area (Å²) in [6, 6.07) is 7.98. The van der Waals surface area contributed by atoms with Gasteiger partial charge in [0.15, 0.2) is 0 Å². The van der Waals surface area contributed by atoms with Crippen molar-refractivity contribution >= 4 is 11.3 Å². The Morgan fingerprint density at radius 1 is 1.31 bits per heavy atom. The second-order valence-electron chi connectivity index (χ2n) is 3.24. The summed E-state index contributed by atoms with van der Waals surface area (Å²) in [6.45, 7) is 5.80. The largest absolute Gasteiger partial charge is 0.279 e. The molecule has 0 radical (unpaired) electrons. The van der Waals surface area contributed by atoms with E-state index >= 15 is 0 Å². The number of hydrogen-bond acceptors (Lipinski definition) is 2. The van der Waals surface area contributed by atoms with Crippen LogP contribution >= 0.6 is 0 Å². The monoisotopic (exact) mass is 215 g/mol. The van der Waals surface area contributed by atoms with Gasteiger partial charge in [0.05, 0.1) is 12.8 Å². The van der Waals surface area contributed by atoms with Crippen molar-refractivity contribution in [2.45, 2.75) is 6.92 Å². The Morgan fingerprint density at radius 3 is 2.50 bits per heavy atom. The Morgan fingerprint density at radius 2 is 2.00 bits per heavy atom. The van der Waals surface area contributed by atoms with E-state index in [9.17, 15) is 0 Å². The summed E-state index contributed by atoms with van der Waals surface area (Å²) in [5.41, 5.74) is 5.94. The highest BCUT2D eigenvalue weighted by Crippen LogP contribution is 2.18. The molecule has 0 saturated carbocycles. The van der Waals surface area contributed by atoms with E-state index in [4.69, 9.17) is 4.84 Å². The van der Waals surface area contributed by atoms with Gasteiger partial charge in [0.1, 0.15) is 0 Å². The molecule has 0 aliphatic rings. The van der Waals surface area contributed by atoms with Crippen LogP contribution in [0.4, 0.5) is 5.69 Å². The van der Waals surface area contributed by atoms with Gasteiger partial charge < -0.3 is 0 Å². The third kappa shape index (κ3) is 3.41. The molecule has 1 aromatic carbocycles. The van der Waals surface area contributed by atoms with Crippen LogP contribution < -0.4 is 5.48 Å². The van der Waals surface area contributed by atoms with E-state index in [2.05, 4.69) is 12.1 Å². The average Bonchev–Trinajstić information content (AvgIpc) is 2.32. The minimum Gasteiger partial charge on any atom is -0.279 e. The summed E-state index contributed by atoms with van der Waals surface area (Å²) in [7, 11) is 1.59. The normalized spacial score (nSPS) is 11.8. The number of benzene rings is 1.